The van der Waals surface area contributed by atoms with Gasteiger partial charge in [-0.1, -0.05) is 12.1 Å². The SMILES string of the molecule is NCCc1ccc(S(=O)(=O)NCC(F)F)cc1. The predicted molar refractivity (Wildman–Crippen MR) is 60.4 cm³/mol. The number of hydrogen-bond acceptors (Lipinski definition) is 3. The quantitative estimate of drug-likeness (QED) is 0.795. The Bertz CT molecular complexity index is 446. The lowest BCUT2D eigenvalue weighted by molar-refractivity contribution is 0.153. The lowest BCUT2D eigenvalue weighted by Crippen LogP contribution is -2.28. The van der Waals surface area contributed by atoms with E-state index < -0.39 is 23.0 Å². The van der Waals surface area contributed by atoms with Gasteiger partial charge in [0, 0.05) is 0 Å². The molecule has 0 radical (unpaired) electrons. The van der Waals surface area contributed by atoms with Crippen molar-refractivity contribution < 1.29 is 17.2 Å². The second-order valence-corrected chi connectivity index (χ2v) is 5.19. The molecule has 0 fully saturated rings. The van der Waals surface area contributed by atoms with Gasteiger partial charge in [0.2, 0.25) is 10.0 Å². The molecule has 0 aromatic heterocycles. The van der Waals surface area contributed by atoms with Crippen molar-refractivity contribution in [2.75, 3.05) is 13.1 Å². The van der Waals surface area contributed by atoms with Crippen LogP contribution < -0.4 is 10.5 Å². The van der Waals surface area contributed by atoms with Crippen LogP contribution in [-0.4, -0.2) is 27.9 Å². The Kier molecular flexibility index (Phi) is 4.98. The van der Waals surface area contributed by atoms with Gasteiger partial charge in [-0.15, -0.1) is 0 Å². The fourth-order valence-electron chi connectivity index (χ4n) is 1.26. The topological polar surface area (TPSA) is 72.2 Å². The number of sulfonamides is 1. The third-order valence-corrected chi connectivity index (χ3v) is 3.53. The van der Waals surface area contributed by atoms with Crippen molar-refractivity contribution in [1.29, 1.82) is 0 Å². The average Bonchev–Trinajstić information content (AvgIpc) is 2.28. The molecule has 0 heterocycles. The summed E-state index contributed by atoms with van der Waals surface area (Å²) in [5.74, 6) is 0. The molecule has 0 aliphatic heterocycles. The first kappa shape index (κ1) is 14.0. The summed E-state index contributed by atoms with van der Waals surface area (Å²) >= 11 is 0. The molecule has 0 saturated heterocycles. The number of nitrogens with one attached hydrogen (secondary N) is 1. The second-order valence-electron chi connectivity index (χ2n) is 3.43. The smallest absolute Gasteiger partial charge is 0.251 e. The molecule has 0 unspecified atom stereocenters. The van der Waals surface area contributed by atoms with Gasteiger partial charge >= 0.3 is 0 Å². The normalized spacial score (nSPS) is 12.0. The number of rotatable bonds is 6. The first-order valence-corrected chi connectivity index (χ1v) is 6.51. The molecule has 0 aliphatic carbocycles. The van der Waals surface area contributed by atoms with Gasteiger partial charge in [0.15, 0.2) is 0 Å². The zero-order chi connectivity index (χ0) is 12.9. The molecule has 1 aromatic rings. The highest BCUT2D eigenvalue weighted by Crippen LogP contribution is 2.11. The van der Waals surface area contributed by atoms with Gasteiger partial charge in [0.1, 0.15) is 0 Å². The maximum absolute atomic E-state index is 11.9. The van der Waals surface area contributed by atoms with Crippen molar-refractivity contribution in [2.24, 2.45) is 5.73 Å². The highest BCUT2D eigenvalue weighted by atomic mass is 32.2. The van der Waals surface area contributed by atoms with Crippen LogP contribution in [0.15, 0.2) is 29.2 Å². The zero-order valence-electron chi connectivity index (χ0n) is 9.07. The monoisotopic (exact) mass is 264 g/mol. The van der Waals surface area contributed by atoms with Crippen molar-refractivity contribution in [3.63, 3.8) is 0 Å². The Morgan fingerprint density at radius 3 is 2.29 bits per heavy atom. The summed E-state index contributed by atoms with van der Waals surface area (Å²) in [6, 6.07) is 5.98. The molecule has 3 N–H and O–H groups in total. The van der Waals surface area contributed by atoms with E-state index in [0.29, 0.717) is 13.0 Å². The van der Waals surface area contributed by atoms with Crippen LogP contribution in [0.4, 0.5) is 8.78 Å². The van der Waals surface area contributed by atoms with Gasteiger partial charge in [0.05, 0.1) is 11.4 Å². The van der Waals surface area contributed by atoms with Crippen LogP contribution >= 0.6 is 0 Å². The lowest BCUT2D eigenvalue weighted by Gasteiger charge is -2.06. The van der Waals surface area contributed by atoms with Gasteiger partial charge in [-0.3, -0.25) is 0 Å². The second kappa shape index (κ2) is 6.04. The summed E-state index contributed by atoms with van der Waals surface area (Å²) in [5, 5.41) is 0. The number of nitrogens with two attached hydrogens (primary N) is 1. The molecular formula is C10H14F2N2O2S. The lowest BCUT2D eigenvalue weighted by atomic mass is 10.2. The minimum atomic E-state index is -3.85. The maximum Gasteiger partial charge on any atom is 0.251 e. The van der Waals surface area contributed by atoms with Crippen molar-refractivity contribution >= 4 is 10.0 Å². The Balaban J connectivity index is 2.77. The summed E-state index contributed by atoms with van der Waals surface area (Å²) in [7, 11) is -3.85. The van der Waals surface area contributed by atoms with Crippen LogP contribution in [-0.2, 0) is 16.4 Å². The molecule has 0 saturated carbocycles. The zero-order valence-corrected chi connectivity index (χ0v) is 9.88. The van der Waals surface area contributed by atoms with E-state index in [2.05, 4.69) is 0 Å². The average molecular weight is 264 g/mol. The minimum Gasteiger partial charge on any atom is -0.330 e. The van der Waals surface area contributed by atoms with E-state index in [1.165, 1.54) is 12.1 Å². The van der Waals surface area contributed by atoms with Crippen molar-refractivity contribution in [1.82, 2.24) is 4.72 Å². The summed E-state index contributed by atoms with van der Waals surface area (Å²) in [6.45, 7) is -0.414. The summed E-state index contributed by atoms with van der Waals surface area (Å²) in [6.07, 6.45) is -2.06. The largest absolute Gasteiger partial charge is 0.330 e. The molecule has 0 aliphatic rings. The van der Waals surface area contributed by atoms with E-state index >= 15 is 0 Å². The van der Waals surface area contributed by atoms with Crippen LogP contribution in [0.25, 0.3) is 0 Å². The number of hydrogen-bond donors (Lipinski definition) is 2. The molecule has 4 nitrogen and oxygen atoms in total. The molecule has 1 rings (SSSR count). The highest BCUT2D eigenvalue weighted by Gasteiger charge is 2.15. The van der Waals surface area contributed by atoms with E-state index in [1.54, 1.807) is 12.1 Å². The molecule has 96 valence electrons. The number of halogens is 2. The molecule has 17 heavy (non-hydrogen) atoms. The van der Waals surface area contributed by atoms with E-state index in [9.17, 15) is 17.2 Å². The third-order valence-electron chi connectivity index (χ3n) is 2.09. The van der Waals surface area contributed by atoms with Gasteiger partial charge in [-0.05, 0) is 30.7 Å². The van der Waals surface area contributed by atoms with Crippen molar-refractivity contribution in [3.05, 3.63) is 29.8 Å². The third kappa shape index (κ3) is 4.37. The molecule has 0 atom stereocenters. The fourth-order valence-corrected chi connectivity index (χ4v) is 2.26. The Morgan fingerprint density at radius 1 is 1.24 bits per heavy atom. The van der Waals surface area contributed by atoms with E-state index in [1.807, 2.05) is 4.72 Å². The first-order chi connectivity index (χ1) is 7.95. The summed E-state index contributed by atoms with van der Waals surface area (Å²) in [5.41, 5.74) is 6.25. The first-order valence-electron chi connectivity index (χ1n) is 5.02. The number of benzene rings is 1. The van der Waals surface area contributed by atoms with Gasteiger partial charge < -0.3 is 5.73 Å². The van der Waals surface area contributed by atoms with Gasteiger partial charge in [-0.25, -0.2) is 21.9 Å². The van der Waals surface area contributed by atoms with E-state index in [4.69, 9.17) is 5.73 Å². The standard InChI is InChI=1S/C10H14F2N2O2S/c11-10(12)7-14-17(15,16)9-3-1-8(2-4-9)5-6-13/h1-4,10,14H,5-7,13H2. The van der Waals surface area contributed by atoms with Crippen LogP contribution in [0.2, 0.25) is 0 Å². The Hall–Kier alpha value is -1.05. The maximum atomic E-state index is 11.9. The Morgan fingerprint density at radius 2 is 1.82 bits per heavy atom. The van der Waals surface area contributed by atoms with Crippen LogP contribution in [0.3, 0.4) is 0 Å². The highest BCUT2D eigenvalue weighted by molar-refractivity contribution is 7.89. The van der Waals surface area contributed by atoms with Crippen LogP contribution in [0.5, 0.6) is 0 Å². The van der Waals surface area contributed by atoms with E-state index in [0.717, 1.165) is 5.56 Å². The van der Waals surface area contributed by atoms with Gasteiger partial charge in [0.25, 0.3) is 6.43 Å². The van der Waals surface area contributed by atoms with Crippen molar-refractivity contribution in [2.45, 2.75) is 17.7 Å². The summed E-state index contributed by atoms with van der Waals surface area (Å²) in [4.78, 5) is -0.0288. The fraction of sp³-hybridized carbons (Fsp3) is 0.400. The predicted octanol–water partition coefficient (Wildman–Crippen LogP) is 0.731. The Labute approximate surface area is 98.9 Å². The van der Waals surface area contributed by atoms with Crippen LogP contribution in [0, 0.1) is 0 Å². The molecule has 0 spiro atoms. The molecule has 1 aromatic carbocycles. The van der Waals surface area contributed by atoms with Crippen LogP contribution in [0.1, 0.15) is 5.56 Å². The van der Waals surface area contributed by atoms with Gasteiger partial charge in [-0.2, -0.15) is 0 Å². The van der Waals surface area contributed by atoms with E-state index in [-0.39, 0.29) is 4.90 Å². The molecule has 7 heteroatoms. The molecule has 0 amide bonds. The molecule has 0 bridgehead atoms. The summed E-state index contributed by atoms with van der Waals surface area (Å²) < 4.78 is 48.7. The minimum absolute atomic E-state index is 0.0288. The molecular weight excluding hydrogens is 250 g/mol. The number of alkyl halides is 2. The van der Waals surface area contributed by atoms with Crippen molar-refractivity contribution in [3.8, 4) is 0 Å².